The smallest absolute Gasteiger partial charge is 0.319 e. The Morgan fingerprint density at radius 2 is 2.00 bits per heavy atom. The van der Waals surface area contributed by atoms with Gasteiger partial charge in [0.15, 0.2) is 0 Å². The van der Waals surface area contributed by atoms with E-state index in [0.29, 0.717) is 16.6 Å². The van der Waals surface area contributed by atoms with E-state index in [-0.39, 0.29) is 12.1 Å². The van der Waals surface area contributed by atoms with Gasteiger partial charge in [0, 0.05) is 10.6 Å². The van der Waals surface area contributed by atoms with Crippen molar-refractivity contribution >= 4 is 34.7 Å². The van der Waals surface area contributed by atoms with Crippen molar-refractivity contribution in [1.82, 2.24) is 5.32 Å². The number of urea groups is 1. The van der Waals surface area contributed by atoms with Crippen LogP contribution in [0.2, 0.25) is 4.34 Å². The summed E-state index contributed by atoms with van der Waals surface area (Å²) in [7, 11) is 0. The Balaban J connectivity index is 1.89. The molecule has 6 heteroatoms. The predicted octanol–water partition coefficient (Wildman–Crippen LogP) is 4.68. The summed E-state index contributed by atoms with van der Waals surface area (Å²) < 4.78 is 6.06. The lowest BCUT2D eigenvalue weighted by atomic mass is 10.3. The van der Waals surface area contributed by atoms with Gasteiger partial charge in [-0.1, -0.05) is 11.6 Å². The van der Waals surface area contributed by atoms with Crippen LogP contribution in [0.25, 0.3) is 0 Å². The van der Waals surface area contributed by atoms with Crippen molar-refractivity contribution in [2.45, 2.75) is 19.9 Å². The first-order valence-corrected chi connectivity index (χ1v) is 7.83. The highest BCUT2D eigenvalue weighted by Gasteiger charge is 2.11. The quantitative estimate of drug-likeness (QED) is 0.838. The lowest BCUT2D eigenvalue weighted by Crippen LogP contribution is -2.30. The zero-order valence-electron chi connectivity index (χ0n) is 11.9. The SMILES string of the molecule is CCOc1ccc(NC(=O)N[C@H](C)c2ccc(Cl)s2)cc1. The van der Waals surface area contributed by atoms with Crippen LogP contribution in [0.5, 0.6) is 5.75 Å². The number of nitrogens with one attached hydrogen (secondary N) is 2. The Labute approximate surface area is 133 Å². The number of halogens is 1. The Kier molecular flexibility index (Phi) is 5.47. The molecule has 0 radical (unpaired) electrons. The van der Waals surface area contributed by atoms with E-state index in [2.05, 4.69) is 10.6 Å². The van der Waals surface area contributed by atoms with E-state index >= 15 is 0 Å². The highest BCUT2D eigenvalue weighted by molar-refractivity contribution is 7.16. The number of amides is 2. The van der Waals surface area contributed by atoms with Gasteiger partial charge in [-0.05, 0) is 50.2 Å². The summed E-state index contributed by atoms with van der Waals surface area (Å²) in [5.74, 6) is 0.782. The van der Waals surface area contributed by atoms with E-state index < -0.39 is 0 Å². The van der Waals surface area contributed by atoms with Crippen molar-refractivity contribution in [2.24, 2.45) is 0 Å². The van der Waals surface area contributed by atoms with Crippen LogP contribution in [-0.2, 0) is 0 Å². The molecule has 1 aromatic carbocycles. The molecule has 0 aliphatic heterocycles. The monoisotopic (exact) mass is 324 g/mol. The van der Waals surface area contributed by atoms with Gasteiger partial charge in [0.05, 0.1) is 17.0 Å². The molecule has 0 unspecified atom stereocenters. The number of hydrogen-bond acceptors (Lipinski definition) is 3. The molecule has 1 atom stereocenters. The predicted molar refractivity (Wildman–Crippen MR) is 87.5 cm³/mol. The van der Waals surface area contributed by atoms with Crippen LogP contribution in [-0.4, -0.2) is 12.6 Å². The lowest BCUT2D eigenvalue weighted by Gasteiger charge is -2.13. The fraction of sp³-hybridized carbons (Fsp3) is 0.267. The Morgan fingerprint density at radius 1 is 1.29 bits per heavy atom. The van der Waals surface area contributed by atoms with Crippen LogP contribution in [0, 0.1) is 0 Å². The molecule has 0 fully saturated rings. The summed E-state index contributed by atoms with van der Waals surface area (Å²) in [5, 5.41) is 5.65. The maximum Gasteiger partial charge on any atom is 0.319 e. The molecular weight excluding hydrogens is 308 g/mol. The third kappa shape index (κ3) is 4.65. The number of carbonyl (C=O) groups excluding carboxylic acids is 1. The van der Waals surface area contributed by atoms with Gasteiger partial charge in [-0.25, -0.2) is 4.79 Å². The van der Waals surface area contributed by atoms with E-state index in [1.165, 1.54) is 11.3 Å². The maximum absolute atomic E-state index is 11.9. The molecule has 1 heterocycles. The molecule has 0 saturated heterocycles. The molecule has 2 amide bonds. The minimum absolute atomic E-state index is 0.0924. The molecule has 2 aromatic rings. The largest absolute Gasteiger partial charge is 0.494 e. The molecule has 0 bridgehead atoms. The van der Waals surface area contributed by atoms with Crippen LogP contribution >= 0.6 is 22.9 Å². The summed E-state index contributed by atoms with van der Waals surface area (Å²) in [5.41, 5.74) is 0.715. The van der Waals surface area contributed by atoms with E-state index in [1.807, 2.05) is 38.1 Å². The number of benzene rings is 1. The van der Waals surface area contributed by atoms with Crippen molar-refractivity contribution in [2.75, 3.05) is 11.9 Å². The average molecular weight is 325 g/mol. The van der Waals surface area contributed by atoms with Gasteiger partial charge in [0.25, 0.3) is 0 Å². The zero-order valence-corrected chi connectivity index (χ0v) is 13.4. The number of hydrogen-bond donors (Lipinski definition) is 2. The van der Waals surface area contributed by atoms with Gasteiger partial charge < -0.3 is 15.4 Å². The molecule has 4 nitrogen and oxygen atoms in total. The summed E-state index contributed by atoms with van der Waals surface area (Å²) >= 11 is 7.35. The van der Waals surface area contributed by atoms with Crippen molar-refractivity contribution in [1.29, 1.82) is 0 Å². The van der Waals surface area contributed by atoms with Gasteiger partial charge in [-0.2, -0.15) is 0 Å². The van der Waals surface area contributed by atoms with Crippen LogP contribution in [0.15, 0.2) is 36.4 Å². The first kappa shape index (κ1) is 15.7. The number of rotatable bonds is 5. The molecular formula is C15H17ClN2O2S. The first-order chi connectivity index (χ1) is 10.1. The number of thiophene rings is 1. The molecule has 0 saturated carbocycles. The van der Waals surface area contributed by atoms with Crippen LogP contribution < -0.4 is 15.4 Å². The second kappa shape index (κ2) is 7.33. The molecule has 21 heavy (non-hydrogen) atoms. The van der Waals surface area contributed by atoms with Gasteiger partial charge in [0.2, 0.25) is 0 Å². The molecule has 2 rings (SSSR count). The fourth-order valence-electron chi connectivity index (χ4n) is 1.80. The number of anilines is 1. The Morgan fingerprint density at radius 3 is 2.57 bits per heavy atom. The van der Waals surface area contributed by atoms with Crippen molar-refractivity contribution in [3.05, 3.63) is 45.6 Å². The van der Waals surface area contributed by atoms with Gasteiger partial charge in [-0.15, -0.1) is 11.3 Å². The third-order valence-corrected chi connectivity index (χ3v) is 4.21. The second-order valence-electron chi connectivity index (χ2n) is 4.42. The second-order valence-corrected chi connectivity index (χ2v) is 6.17. The highest BCUT2D eigenvalue weighted by atomic mass is 35.5. The number of carbonyl (C=O) groups is 1. The summed E-state index contributed by atoms with van der Waals surface area (Å²) in [6, 6.07) is 10.6. The normalized spacial score (nSPS) is 11.8. The van der Waals surface area contributed by atoms with E-state index in [9.17, 15) is 4.79 Å². The lowest BCUT2D eigenvalue weighted by molar-refractivity contribution is 0.249. The summed E-state index contributed by atoms with van der Waals surface area (Å²) in [6.07, 6.45) is 0. The fourth-order valence-corrected chi connectivity index (χ4v) is 2.86. The molecule has 0 aliphatic rings. The average Bonchev–Trinajstić information content (AvgIpc) is 2.88. The van der Waals surface area contributed by atoms with Crippen LogP contribution in [0.4, 0.5) is 10.5 Å². The van der Waals surface area contributed by atoms with Crippen LogP contribution in [0.3, 0.4) is 0 Å². The van der Waals surface area contributed by atoms with E-state index in [4.69, 9.17) is 16.3 Å². The summed E-state index contributed by atoms with van der Waals surface area (Å²) in [4.78, 5) is 12.9. The zero-order chi connectivity index (χ0) is 15.2. The van der Waals surface area contributed by atoms with E-state index in [1.54, 1.807) is 12.1 Å². The third-order valence-electron chi connectivity index (χ3n) is 2.79. The maximum atomic E-state index is 11.9. The highest BCUT2D eigenvalue weighted by Crippen LogP contribution is 2.26. The molecule has 1 aromatic heterocycles. The topological polar surface area (TPSA) is 50.4 Å². The van der Waals surface area contributed by atoms with E-state index in [0.717, 1.165) is 10.6 Å². The van der Waals surface area contributed by atoms with Crippen molar-refractivity contribution in [3.8, 4) is 5.75 Å². The Hall–Kier alpha value is -1.72. The van der Waals surface area contributed by atoms with Gasteiger partial charge >= 0.3 is 6.03 Å². The molecule has 2 N–H and O–H groups in total. The van der Waals surface area contributed by atoms with Crippen LogP contribution in [0.1, 0.15) is 24.8 Å². The first-order valence-electron chi connectivity index (χ1n) is 6.64. The Bertz CT molecular complexity index is 598. The van der Waals surface area contributed by atoms with Crippen molar-refractivity contribution in [3.63, 3.8) is 0 Å². The minimum atomic E-state index is -0.254. The van der Waals surface area contributed by atoms with Crippen molar-refractivity contribution < 1.29 is 9.53 Å². The summed E-state index contributed by atoms with van der Waals surface area (Å²) in [6.45, 7) is 4.46. The molecule has 0 aliphatic carbocycles. The van der Waals surface area contributed by atoms with Gasteiger partial charge in [0.1, 0.15) is 5.75 Å². The standard InChI is InChI=1S/C15H17ClN2O2S/c1-3-20-12-6-4-11(5-7-12)18-15(19)17-10(2)13-8-9-14(16)21-13/h4-10H,3H2,1-2H3,(H2,17,18,19)/t10-/m1/s1. The molecule has 0 spiro atoms. The number of ether oxygens (including phenoxy) is 1. The van der Waals surface area contributed by atoms with Gasteiger partial charge in [-0.3, -0.25) is 0 Å². The molecule has 112 valence electrons. The minimum Gasteiger partial charge on any atom is -0.494 e.